The van der Waals surface area contributed by atoms with E-state index in [9.17, 15) is 16.8 Å². The Bertz CT molecular complexity index is 685. The minimum absolute atomic E-state index is 0.125. The molecule has 0 atom stereocenters. The fraction of sp³-hybridized carbons (Fsp3) is 0.455. The second-order valence-corrected chi connectivity index (χ2v) is 7.91. The van der Waals surface area contributed by atoms with Gasteiger partial charge in [0.1, 0.15) is 0 Å². The summed E-state index contributed by atoms with van der Waals surface area (Å²) in [6.07, 6.45) is 0.579. The van der Waals surface area contributed by atoms with Gasteiger partial charge in [0.15, 0.2) is 0 Å². The molecule has 7 nitrogen and oxygen atoms in total. The van der Waals surface area contributed by atoms with E-state index in [0.717, 1.165) is 0 Å². The van der Waals surface area contributed by atoms with E-state index in [0.29, 0.717) is 24.3 Å². The lowest BCUT2D eigenvalue weighted by atomic mass is 10.3. The third-order valence-corrected chi connectivity index (χ3v) is 5.86. The highest BCUT2D eigenvalue weighted by molar-refractivity contribution is 7.93. The highest BCUT2D eigenvalue weighted by atomic mass is 32.2. The van der Waals surface area contributed by atoms with E-state index in [1.807, 2.05) is 0 Å². The number of anilines is 2. The minimum Gasteiger partial charge on any atom is -0.271 e. The molecule has 0 aliphatic carbocycles. The van der Waals surface area contributed by atoms with Gasteiger partial charge in [-0.2, -0.15) is 13.1 Å². The summed E-state index contributed by atoms with van der Waals surface area (Å²) < 4.78 is 52.8. The zero-order valence-electron chi connectivity index (χ0n) is 11.0. The van der Waals surface area contributed by atoms with Crippen molar-refractivity contribution in [1.29, 1.82) is 0 Å². The lowest BCUT2D eigenvalue weighted by molar-refractivity contribution is 0.589. The third-order valence-electron chi connectivity index (χ3n) is 2.82. The van der Waals surface area contributed by atoms with Crippen molar-refractivity contribution in [3.8, 4) is 0 Å². The molecule has 1 heterocycles. The maximum absolute atomic E-state index is 11.8. The molecule has 1 aliphatic rings. The number of rotatable bonds is 5. The normalized spacial score (nSPS) is 18.1. The van der Waals surface area contributed by atoms with Crippen LogP contribution < -0.4 is 13.7 Å². The first-order valence-corrected chi connectivity index (χ1v) is 9.31. The van der Waals surface area contributed by atoms with Crippen molar-refractivity contribution in [2.24, 2.45) is 0 Å². The van der Waals surface area contributed by atoms with Gasteiger partial charge in [-0.05, 0) is 24.6 Å². The van der Waals surface area contributed by atoms with E-state index in [-0.39, 0.29) is 12.3 Å². The van der Waals surface area contributed by atoms with Crippen LogP contribution in [0.1, 0.15) is 13.3 Å². The molecule has 2 rings (SSSR count). The molecule has 1 saturated heterocycles. The Hall–Kier alpha value is -1.32. The van der Waals surface area contributed by atoms with Crippen molar-refractivity contribution < 1.29 is 16.8 Å². The smallest absolute Gasteiger partial charge is 0.271 e. The SMILES string of the molecule is CCNS(=O)(=O)Nc1cccc(N2CCCS2(=O)=O)c1. The van der Waals surface area contributed by atoms with Crippen molar-refractivity contribution in [3.63, 3.8) is 0 Å². The Morgan fingerprint density at radius 2 is 2.10 bits per heavy atom. The number of hydrogen-bond donors (Lipinski definition) is 2. The van der Waals surface area contributed by atoms with Crippen LogP contribution >= 0.6 is 0 Å². The highest BCUT2D eigenvalue weighted by Crippen LogP contribution is 2.26. The molecular weight excluding hydrogens is 302 g/mol. The summed E-state index contributed by atoms with van der Waals surface area (Å²) in [4.78, 5) is 0. The van der Waals surface area contributed by atoms with Crippen molar-refractivity contribution in [2.45, 2.75) is 13.3 Å². The maximum atomic E-state index is 11.8. The van der Waals surface area contributed by atoms with Crippen molar-refractivity contribution in [2.75, 3.05) is 27.9 Å². The largest absolute Gasteiger partial charge is 0.299 e. The van der Waals surface area contributed by atoms with Crippen molar-refractivity contribution >= 4 is 31.6 Å². The summed E-state index contributed by atoms with van der Waals surface area (Å²) in [7, 11) is -6.89. The predicted octanol–water partition coefficient (Wildman–Crippen LogP) is 0.493. The molecule has 0 amide bonds. The zero-order valence-corrected chi connectivity index (χ0v) is 12.7. The lowest BCUT2D eigenvalue weighted by Crippen LogP contribution is -2.30. The molecule has 20 heavy (non-hydrogen) atoms. The van der Waals surface area contributed by atoms with Crippen LogP contribution in [-0.4, -0.2) is 35.7 Å². The molecule has 0 unspecified atom stereocenters. The summed E-state index contributed by atoms with van der Waals surface area (Å²) in [5, 5.41) is 0. The van der Waals surface area contributed by atoms with Crippen molar-refractivity contribution in [3.05, 3.63) is 24.3 Å². The topological polar surface area (TPSA) is 95.6 Å². The minimum atomic E-state index is -3.62. The molecule has 1 fully saturated rings. The van der Waals surface area contributed by atoms with Gasteiger partial charge < -0.3 is 0 Å². The molecule has 1 aromatic carbocycles. The van der Waals surface area contributed by atoms with E-state index in [1.54, 1.807) is 25.1 Å². The molecular formula is C11H17N3O4S2. The van der Waals surface area contributed by atoms with Gasteiger partial charge in [-0.1, -0.05) is 13.0 Å². The number of hydrogen-bond acceptors (Lipinski definition) is 4. The molecule has 0 saturated carbocycles. The van der Waals surface area contributed by atoms with Gasteiger partial charge >= 0.3 is 0 Å². The number of nitrogens with one attached hydrogen (secondary N) is 2. The van der Waals surface area contributed by atoms with E-state index >= 15 is 0 Å². The molecule has 9 heteroatoms. The van der Waals surface area contributed by atoms with Gasteiger partial charge in [-0.25, -0.2) is 8.42 Å². The number of nitrogens with zero attached hydrogens (tertiary/aromatic N) is 1. The Balaban J connectivity index is 2.25. The third kappa shape index (κ3) is 3.41. The Labute approximate surface area is 119 Å². The Morgan fingerprint density at radius 1 is 1.35 bits per heavy atom. The first-order chi connectivity index (χ1) is 9.34. The quantitative estimate of drug-likeness (QED) is 0.826. The van der Waals surface area contributed by atoms with Crippen LogP contribution in [0, 0.1) is 0 Å². The zero-order chi connectivity index (χ0) is 14.8. The molecule has 1 aromatic rings. The molecule has 2 N–H and O–H groups in total. The summed E-state index contributed by atoms with van der Waals surface area (Å²) >= 11 is 0. The summed E-state index contributed by atoms with van der Waals surface area (Å²) in [6.45, 7) is 2.37. The first kappa shape index (κ1) is 15.1. The van der Waals surface area contributed by atoms with Crippen LogP contribution in [0.5, 0.6) is 0 Å². The molecule has 0 spiro atoms. The van der Waals surface area contributed by atoms with Crippen LogP contribution in [-0.2, 0) is 20.2 Å². The van der Waals surface area contributed by atoms with Gasteiger partial charge in [-0.15, -0.1) is 0 Å². The average molecular weight is 319 g/mol. The van der Waals surface area contributed by atoms with Gasteiger partial charge in [0.05, 0.1) is 17.1 Å². The molecule has 0 bridgehead atoms. The Kier molecular flexibility index (Phi) is 4.21. The van der Waals surface area contributed by atoms with E-state index in [2.05, 4.69) is 9.44 Å². The van der Waals surface area contributed by atoms with Gasteiger partial charge in [0.25, 0.3) is 10.2 Å². The first-order valence-electron chi connectivity index (χ1n) is 6.22. The monoisotopic (exact) mass is 319 g/mol. The second kappa shape index (κ2) is 5.58. The van der Waals surface area contributed by atoms with Crippen LogP contribution in [0.25, 0.3) is 0 Å². The van der Waals surface area contributed by atoms with E-state index < -0.39 is 20.2 Å². The van der Waals surface area contributed by atoms with Gasteiger partial charge in [0, 0.05) is 13.1 Å². The van der Waals surface area contributed by atoms with Gasteiger partial charge in [0.2, 0.25) is 10.0 Å². The average Bonchev–Trinajstić information content (AvgIpc) is 2.68. The number of sulfonamides is 1. The van der Waals surface area contributed by atoms with Gasteiger partial charge in [-0.3, -0.25) is 9.03 Å². The summed E-state index contributed by atoms with van der Waals surface area (Å²) in [5.74, 6) is 0.125. The summed E-state index contributed by atoms with van der Waals surface area (Å²) in [6, 6.07) is 6.35. The fourth-order valence-corrected chi connectivity index (χ4v) is 4.48. The fourth-order valence-electron chi connectivity index (χ4n) is 2.04. The number of benzene rings is 1. The molecule has 0 radical (unpaired) electrons. The van der Waals surface area contributed by atoms with Crippen LogP contribution in [0.4, 0.5) is 11.4 Å². The Morgan fingerprint density at radius 3 is 2.70 bits per heavy atom. The standard InChI is InChI=1S/C11H17N3O4S2/c1-2-12-20(17,18)13-10-5-3-6-11(9-10)14-7-4-8-19(14,15)16/h3,5-6,9,12-13H,2,4,7-8H2,1H3. The van der Waals surface area contributed by atoms with Crippen LogP contribution in [0.15, 0.2) is 24.3 Å². The molecule has 112 valence electrons. The maximum Gasteiger partial charge on any atom is 0.299 e. The highest BCUT2D eigenvalue weighted by Gasteiger charge is 2.28. The molecule has 1 aliphatic heterocycles. The van der Waals surface area contributed by atoms with Crippen LogP contribution in [0.2, 0.25) is 0 Å². The molecule has 0 aromatic heterocycles. The summed E-state index contributed by atoms with van der Waals surface area (Å²) in [5.41, 5.74) is 0.796. The lowest BCUT2D eigenvalue weighted by Gasteiger charge is -2.18. The van der Waals surface area contributed by atoms with Crippen molar-refractivity contribution in [1.82, 2.24) is 4.72 Å². The second-order valence-electron chi connectivity index (χ2n) is 4.40. The predicted molar refractivity (Wildman–Crippen MR) is 78.4 cm³/mol. The van der Waals surface area contributed by atoms with Crippen LogP contribution in [0.3, 0.4) is 0 Å². The van der Waals surface area contributed by atoms with E-state index in [1.165, 1.54) is 10.4 Å². The van der Waals surface area contributed by atoms with E-state index in [4.69, 9.17) is 0 Å².